The van der Waals surface area contributed by atoms with Gasteiger partial charge in [-0.05, 0) is 22.6 Å². The smallest absolute Gasteiger partial charge is 0.343 e. The number of nitrogens with zero attached hydrogens (tertiary/aromatic N) is 4. The van der Waals surface area contributed by atoms with Gasteiger partial charge in [0.25, 0.3) is 0 Å². The molecule has 2 aliphatic heterocycles. The average molecular weight is 340 g/mol. The molecule has 0 aliphatic carbocycles. The molecule has 1 aromatic heterocycles. The average Bonchev–Trinajstić information content (AvgIpc) is 3.19. The first kappa shape index (κ1) is 15.2. The van der Waals surface area contributed by atoms with Crippen LogP contribution in [0.2, 0.25) is 0 Å². The first-order chi connectivity index (χ1) is 11.4. The van der Waals surface area contributed by atoms with Crippen LogP contribution in [0.4, 0.5) is 13.2 Å². The van der Waals surface area contributed by atoms with Crippen molar-refractivity contribution < 1.29 is 27.4 Å². The van der Waals surface area contributed by atoms with Crippen molar-refractivity contribution in [3.63, 3.8) is 0 Å². The first-order valence-corrected chi connectivity index (χ1v) is 7.19. The Labute approximate surface area is 133 Å². The summed E-state index contributed by atoms with van der Waals surface area (Å²) in [6.45, 7) is 0.243. The van der Waals surface area contributed by atoms with E-state index < -0.39 is 24.1 Å². The van der Waals surface area contributed by atoms with Crippen LogP contribution in [-0.4, -0.2) is 45.0 Å². The lowest BCUT2D eigenvalue weighted by Crippen LogP contribution is -2.37. The van der Waals surface area contributed by atoms with Crippen LogP contribution >= 0.6 is 0 Å². The quantitative estimate of drug-likeness (QED) is 0.826. The Hall–Kier alpha value is -2.33. The molecule has 2 aliphatic rings. The Morgan fingerprint density at radius 3 is 2.67 bits per heavy atom. The van der Waals surface area contributed by atoms with E-state index in [-0.39, 0.29) is 30.7 Å². The number of ketones is 1. The summed E-state index contributed by atoms with van der Waals surface area (Å²) < 4.78 is 50.1. The van der Waals surface area contributed by atoms with Gasteiger partial charge in [-0.25, -0.2) is 4.68 Å². The molecular weight excluding hydrogens is 329 g/mol. The van der Waals surface area contributed by atoms with Gasteiger partial charge in [0.05, 0.1) is 18.2 Å². The predicted octanol–water partition coefficient (Wildman–Crippen LogP) is 1.61. The van der Waals surface area contributed by atoms with Crippen LogP contribution in [0.1, 0.15) is 18.0 Å². The lowest BCUT2D eigenvalue weighted by molar-refractivity contribution is -0.156. The van der Waals surface area contributed by atoms with E-state index >= 15 is 0 Å². The monoisotopic (exact) mass is 340 g/mol. The van der Waals surface area contributed by atoms with Crippen molar-refractivity contribution in [2.45, 2.75) is 31.0 Å². The second-order valence-electron chi connectivity index (χ2n) is 5.60. The summed E-state index contributed by atoms with van der Waals surface area (Å²) in [5.74, 6) is 0.0677. The highest BCUT2D eigenvalue weighted by Gasteiger charge is 2.45. The lowest BCUT2D eigenvalue weighted by Gasteiger charge is -2.26. The third-order valence-electron chi connectivity index (χ3n) is 4.09. The molecule has 0 unspecified atom stereocenters. The zero-order valence-corrected chi connectivity index (χ0v) is 12.1. The molecule has 0 saturated carbocycles. The van der Waals surface area contributed by atoms with Gasteiger partial charge < -0.3 is 9.47 Å². The Balaban J connectivity index is 1.67. The highest BCUT2D eigenvalue weighted by molar-refractivity contribution is 5.83. The van der Waals surface area contributed by atoms with Gasteiger partial charge in [0.2, 0.25) is 6.29 Å². The molecule has 2 saturated heterocycles. The summed E-state index contributed by atoms with van der Waals surface area (Å²) >= 11 is 0. The van der Waals surface area contributed by atoms with E-state index in [1.807, 2.05) is 0 Å². The standard InChI is InChI=1S/C14H11F3N4O3/c15-14(16,17)8-3-1-7(2-4-8)12-18-19-20-21(12)9-5-10(22)13-23-6-11(9)24-13/h1-4,9,11,13H,5-6H2/t9-,11+,13+/m1/s1. The van der Waals surface area contributed by atoms with E-state index in [0.717, 1.165) is 12.1 Å². The van der Waals surface area contributed by atoms with E-state index in [9.17, 15) is 18.0 Å². The zero-order chi connectivity index (χ0) is 16.9. The maximum Gasteiger partial charge on any atom is 0.416 e. The Bertz CT molecular complexity index is 774. The summed E-state index contributed by atoms with van der Waals surface area (Å²) in [5, 5.41) is 11.3. The number of hydrogen-bond donors (Lipinski definition) is 0. The van der Waals surface area contributed by atoms with Crippen molar-refractivity contribution in [3.05, 3.63) is 29.8 Å². The Kier molecular flexibility index (Phi) is 3.39. The van der Waals surface area contributed by atoms with E-state index in [0.29, 0.717) is 5.56 Å². The molecule has 7 nitrogen and oxygen atoms in total. The normalized spacial score (nSPS) is 26.8. The number of benzene rings is 1. The van der Waals surface area contributed by atoms with E-state index in [4.69, 9.17) is 9.47 Å². The molecule has 0 spiro atoms. The number of hydrogen-bond acceptors (Lipinski definition) is 6. The van der Waals surface area contributed by atoms with Gasteiger partial charge in [-0.15, -0.1) is 5.10 Å². The minimum absolute atomic E-state index is 0.147. The van der Waals surface area contributed by atoms with Crippen LogP contribution in [-0.2, 0) is 20.4 Å². The zero-order valence-electron chi connectivity index (χ0n) is 12.1. The fraction of sp³-hybridized carbons (Fsp3) is 0.429. The van der Waals surface area contributed by atoms with Crippen molar-refractivity contribution >= 4 is 5.78 Å². The molecule has 0 N–H and O–H groups in total. The van der Waals surface area contributed by atoms with Gasteiger partial charge in [0.1, 0.15) is 6.10 Å². The van der Waals surface area contributed by atoms with Gasteiger partial charge in [0.15, 0.2) is 11.6 Å². The molecule has 24 heavy (non-hydrogen) atoms. The number of fused-ring (bicyclic) bond motifs is 2. The molecule has 3 atom stereocenters. The molecule has 10 heteroatoms. The highest BCUT2D eigenvalue weighted by Crippen LogP contribution is 2.35. The maximum atomic E-state index is 12.7. The van der Waals surface area contributed by atoms with Crippen LogP contribution in [0.3, 0.4) is 0 Å². The third-order valence-corrected chi connectivity index (χ3v) is 4.09. The van der Waals surface area contributed by atoms with Gasteiger partial charge in [0, 0.05) is 12.0 Å². The number of carbonyl (C=O) groups excluding carboxylic acids is 1. The van der Waals surface area contributed by atoms with Gasteiger partial charge in [-0.3, -0.25) is 4.79 Å². The second-order valence-corrected chi connectivity index (χ2v) is 5.60. The number of tetrazole rings is 1. The molecule has 2 bridgehead atoms. The summed E-state index contributed by atoms with van der Waals surface area (Å²) in [4.78, 5) is 11.9. The second kappa shape index (κ2) is 5.35. The highest BCUT2D eigenvalue weighted by atomic mass is 19.4. The van der Waals surface area contributed by atoms with E-state index in [2.05, 4.69) is 15.5 Å². The molecular formula is C14H11F3N4O3. The van der Waals surface area contributed by atoms with Gasteiger partial charge >= 0.3 is 6.18 Å². The lowest BCUT2D eigenvalue weighted by atomic mass is 10.0. The summed E-state index contributed by atoms with van der Waals surface area (Å²) in [6, 6.07) is 4.06. The van der Waals surface area contributed by atoms with Crippen molar-refractivity contribution in [2.75, 3.05) is 6.61 Å². The molecule has 3 heterocycles. The minimum atomic E-state index is -4.41. The van der Waals surface area contributed by atoms with Crippen LogP contribution in [0.15, 0.2) is 24.3 Å². The molecule has 126 valence electrons. The minimum Gasteiger partial charge on any atom is -0.343 e. The summed E-state index contributed by atoms with van der Waals surface area (Å²) in [5.41, 5.74) is -0.338. The molecule has 2 aromatic rings. The van der Waals surface area contributed by atoms with Gasteiger partial charge in [-0.2, -0.15) is 13.2 Å². The Morgan fingerprint density at radius 1 is 1.21 bits per heavy atom. The van der Waals surface area contributed by atoms with Crippen molar-refractivity contribution in [3.8, 4) is 11.4 Å². The number of Topliss-reactive ketones (excluding diaryl/α,β-unsaturated/α-hetero) is 1. The number of halogens is 3. The van der Waals surface area contributed by atoms with Crippen LogP contribution in [0.5, 0.6) is 0 Å². The summed E-state index contributed by atoms with van der Waals surface area (Å²) in [7, 11) is 0. The number of rotatable bonds is 2. The number of alkyl halides is 3. The first-order valence-electron chi connectivity index (χ1n) is 7.19. The topological polar surface area (TPSA) is 79.1 Å². The van der Waals surface area contributed by atoms with E-state index in [1.54, 1.807) is 0 Å². The number of carbonyl (C=O) groups is 1. The van der Waals surface area contributed by atoms with Crippen molar-refractivity contribution in [1.29, 1.82) is 0 Å². The van der Waals surface area contributed by atoms with Crippen LogP contribution in [0.25, 0.3) is 11.4 Å². The van der Waals surface area contributed by atoms with Crippen molar-refractivity contribution in [1.82, 2.24) is 20.2 Å². The number of aromatic nitrogens is 4. The molecule has 4 rings (SSSR count). The fourth-order valence-corrected chi connectivity index (χ4v) is 2.88. The van der Waals surface area contributed by atoms with Crippen LogP contribution in [0, 0.1) is 0 Å². The largest absolute Gasteiger partial charge is 0.416 e. The molecule has 0 amide bonds. The Morgan fingerprint density at radius 2 is 1.96 bits per heavy atom. The predicted molar refractivity (Wildman–Crippen MR) is 71.5 cm³/mol. The molecule has 1 aromatic carbocycles. The van der Waals surface area contributed by atoms with Crippen molar-refractivity contribution in [2.24, 2.45) is 0 Å². The molecule has 2 fully saturated rings. The maximum absolute atomic E-state index is 12.7. The SMILES string of the molecule is O=C1C[C@@H](n2nnnc2-c2ccc(C(F)(F)F)cc2)[C@@H]2CO[C@H]1O2. The summed E-state index contributed by atoms with van der Waals surface area (Å²) in [6.07, 6.45) is -5.47. The molecule has 0 radical (unpaired) electrons. The van der Waals surface area contributed by atoms with Gasteiger partial charge in [-0.1, -0.05) is 12.1 Å². The fourth-order valence-electron chi connectivity index (χ4n) is 2.88. The number of ether oxygens (including phenoxy) is 2. The van der Waals surface area contributed by atoms with E-state index in [1.165, 1.54) is 16.8 Å². The third kappa shape index (κ3) is 2.47. The van der Waals surface area contributed by atoms with Crippen LogP contribution < -0.4 is 0 Å².